The van der Waals surface area contributed by atoms with Crippen LogP contribution >= 0.6 is 0 Å². The highest BCUT2D eigenvalue weighted by Gasteiger charge is 2.22. The number of nitrogens with zero attached hydrogens (tertiary/aromatic N) is 4. The van der Waals surface area contributed by atoms with Crippen molar-refractivity contribution in [2.75, 3.05) is 0 Å². The van der Waals surface area contributed by atoms with Crippen LogP contribution < -0.4 is 5.56 Å². The summed E-state index contributed by atoms with van der Waals surface area (Å²) in [5.41, 5.74) is 3.35. The van der Waals surface area contributed by atoms with Crippen LogP contribution in [0.15, 0.2) is 88.2 Å². The molecule has 0 unspecified atom stereocenters. The molecule has 0 aliphatic heterocycles. The lowest BCUT2D eigenvalue weighted by Gasteiger charge is -2.23. The molecule has 5 aromatic rings. The highest BCUT2D eigenvalue weighted by atomic mass is 16.5. The lowest BCUT2D eigenvalue weighted by molar-refractivity contribution is 0.365. The summed E-state index contributed by atoms with van der Waals surface area (Å²) in [6.07, 6.45) is 0. The molecule has 0 saturated heterocycles. The van der Waals surface area contributed by atoms with Crippen molar-refractivity contribution in [1.82, 2.24) is 19.7 Å². The minimum atomic E-state index is -0.276. The first-order valence-electron chi connectivity index (χ1n) is 11.0. The first-order valence-corrected chi connectivity index (χ1v) is 11.0. The van der Waals surface area contributed by atoms with Crippen molar-refractivity contribution < 1.29 is 4.52 Å². The van der Waals surface area contributed by atoms with Crippen molar-refractivity contribution in [3.63, 3.8) is 0 Å². The van der Waals surface area contributed by atoms with Gasteiger partial charge < -0.3 is 4.52 Å². The zero-order valence-electron chi connectivity index (χ0n) is 18.8. The van der Waals surface area contributed by atoms with E-state index in [1.54, 1.807) is 10.6 Å². The zero-order chi connectivity index (χ0) is 22.9. The van der Waals surface area contributed by atoms with E-state index >= 15 is 0 Å². The van der Waals surface area contributed by atoms with Crippen LogP contribution in [-0.4, -0.2) is 19.7 Å². The largest absolute Gasteiger partial charge is 0.339 e. The van der Waals surface area contributed by atoms with Gasteiger partial charge in [0.15, 0.2) is 0 Å². The lowest BCUT2D eigenvalue weighted by Crippen LogP contribution is -2.29. The van der Waals surface area contributed by atoms with Crippen molar-refractivity contribution in [3.05, 3.63) is 112 Å². The van der Waals surface area contributed by atoms with E-state index in [1.165, 1.54) is 0 Å². The van der Waals surface area contributed by atoms with Gasteiger partial charge in [-0.1, -0.05) is 85.7 Å². The molecule has 164 valence electrons. The molecule has 2 aromatic heterocycles. The summed E-state index contributed by atoms with van der Waals surface area (Å²) in [7, 11) is 0. The average Bonchev–Trinajstić information content (AvgIpc) is 3.33. The fraction of sp³-hybridized carbons (Fsp3) is 0.185. The fourth-order valence-electron chi connectivity index (χ4n) is 4.10. The smallest absolute Gasteiger partial charge is 0.262 e. The Kier molecular flexibility index (Phi) is 5.34. The third kappa shape index (κ3) is 3.84. The van der Waals surface area contributed by atoms with E-state index in [-0.39, 0.29) is 17.5 Å². The summed E-state index contributed by atoms with van der Waals surface area (Å²) in [4.78, 5) is 23.0. The number of fused-ring (bicyclic) bond motifs is 1. The Balaban J connectivity index is 1.67. The lowest BCUT2D eigenvalue weighted by atomic mass is 9.98. The second kappa shape index (κ2) is 8.47. The first-order chi connectivity index (χ1) is 16.0. The molecule has 0 amide bonds. The Morgan fingerprint density at radius 1 is 0.848 bits per heavy atom. The van der Waals surface area contributed by atoms with E-state index in [2.05, 4.69) is 10.1 Å². The third-order valence-electron chi connectivity index (χ3n) is 5.76. The number of benzene rings is 3. The van der Waals surface area contributed by atoms with E-state index < -0.39 is 0 Å². The third-order valence-corrected chi connectivity index (χ3v) is 5.76. The molecule has 0 aliphatic rings. The van der Waals surface area contributed by atoms with Crippen LogP contribution in [0.1, 0.15) is 48.6 Å². The van der Waals surface area contributed by atoms with Gasteiger partial charge in [-0.05, 0) is 30.2 Å². The van der Waals surface area contributed by atoms with Gasteiger partial charge in [-0.25, -0.2) is 4.98 Å². The highest BCUT2D eigenvalue weighted by molar-refractivity contribution is 5.82. The molecule has 6 nitrogen and oxygen atoms in total. The van der Waals surface area contributed by atoms with E-state index in [4.69, 9.17) is 9.51 Å². The van der Waals surface area contributed by atoms with Gasteiger partial charge in [0.05, 0.1) is 16.9 Å². The molecular formula is C27H24N4O2. The predicted molar refractivity (Wildman–Crippen MR) is 128 cm³/mol. The Morgan fingerprint density at radius 2 is 1.48 bits per heavy atom. The molecule has 0 fully saturated rings. The summed E-state index contributed by atoms with van der Waals surface area (Å²) in [5, 5.41) is 4.64. The van der Waals surface area contributed by atoms with Gasteiger partial charge in [-0.15, -0.1) is 0 Å². The second-order valence-electron chi connectivity index (χ2n) is 8.40. The normalized spacial score (nSPS) is 11.5. The molecule has 33 heavy (non-hydrogen) atoms. The molecule has 6 heteroatoms. The van der Waals surface area contributed by atoms with Crippen LogP contribution in [0.25, 0.3) is 22.3 Å². The summed E-state index contributed by atoms with van der Waals surface area (Å²) in [5.74, 6) is 1.86. The maximum Gasteiger partial charge on any atom is 0.262 e. The summed E-state index contributed by atoms with van der Waals surface area (Å²) in [6.45, 7) is 5.87. The van der Waals surface area contributed by atoms with Crippen molar-refractivity contribution in [2.45, 2.75) is 32.7 Å². The molecule has 0 radical (unpaired) electrons. The molecular weight excluding hydrogens is 412 g/mol. The minimum Gasteiger partial charge on any atom is -0.339 e. The number of aryl methyl sites for hydroxylation is 1. The highest BCUT2D eigenvalue weighted by Crippen LogP contribution is 2.28. The zero-order valence-corrected chi connectivity index (χ0v) is 18.8. The van der Waals surface area contributed by atoms with Gasteiger partial charge in [-0.3, -0.25) is 9.36 Å². The van der Waals surface area contributed by atoms with Crippen LogP contribution in [0, 0.1) is 6.92 Å². The van der Waals surface area contributed by atoms with E-state index in [0.717, 1.165) is 16.7 Å². The second-order valence-corrected chi connectivity index (χ2v) is 8.40. The molecule has 0 atom stereocenters. The monoisotopic (exact) mass is 436 g/mol. The number of rotatable bonds is 5. The van der Waals surface area contributed by atoms with Crippen molar-refractivity contribution in [2.24, 2.45) is 0 Å². The van der Waals surface area contributed by atoms with Gasteiger partial charge in [-0.2, -0.15) is 4.98 Å². The Labute approximate surface area is 191 Å². The predicted octanol–water partition coefficient (Wildman–Crippen LogP) is 5.52. The van der Waals surface area contributed by atoms with E-state index in [9.17, 15) is 4.79 Å². The van der Waals surface area contributed by atoms with Gasteiger partial charge >= 0.3 is 0 Å². The van der Waals surface area contributed by atoms with Gasteiger partial charge in [0, 0.05) is 11.5 Å². The Hall–Kier alpha value is -4.06. The molecule has 0 bridgehead atoms. The van der Waals surface area contributed by atoms with Crippen LogP contribution in [0.4, 0.5) is 0 Å². The quantitative estimate of drug-likeness (QED) is 0.363. The standard InChI is InChI=1S/C27H24N4O2/c1-17(2)26-29-25(30-33-26)21-14-15-22-23(16-21)28-18(3)31(27(22)32)24(19-10-6-4-7-11-19)20-12-8-5-9-13-20/h4-17,24H,1-3H3. The molecule has 0 saturated carbocycles. The minimum absolute atomic E-state index is 0.0854. The van der Waals surface area contributed by atoms with E-state index in [1.807, 2.05) is 93.6 Å². The maximum absolute atomic E-state index is 13.8. The SMILES string of the molecule is Cc1nc2cc(-c3noc(C(C)C)n3)ccc2c(=O)n1C(c1ccccc1)c1ccccc1. The van der Waals surface area contributed by atoms with Gasteiger partial charge in [0.2, 0.25) is 11.7 Å². The number of aromatic nitrogens is 4. The molecule has 0 spiro atoms. The van der Waals surface area contributed by atoms with Crippen LogP contribution in [0.2, 0.25) is 0 Å². The maximum atomic E-state index is 13.8. The molecule has 0 N–H and O–H groups in total. The van der Waals surface area contributed by atoms with Crippen molar-refractivity contribution in [1.29, 1.82) is 0 Å². The topological polar surface area (TPSA) is 73.8 Å². The van der Waals surface area contributed by atoms with Crippen LogP contribution in [-0.2, 0) is 0 Å². The van der Waals surface area contributed by atoms with E-state index in [0.29, 0.717) is 28.4 Å². The van der Waals surface area contributed by atoms with Gasteiger partial charge in [0.25, 0.3) is 5.56 Å². The summed E-state index contributed by atoms with van der Waals surface area (Å²) >= 11 is 0. The number of hydrogen-bond acceptors (Lipinski definition) is 5. The molecule has 0 aliphatic carbocycles. The van der Waals surface area contributed by atoms with Crippen LogP contribution in [0.5, 0.6) is 0 Å². The molecule has 2 heterocycles. The summed E-state index contributed by atoms with van der Waals surface area (Å²) in [6, 6.07) is 25.3. The number of hydrogen-bond donors (Lipinski definition) is 0. The first kappa shape index (κ1) is 20.8. The molecule has 3 aromatic carbocycles. The van der Waals surface area contributed by atoms with Crippen molar-refractivity contribution >= 4 is 10.9 Å². The van der Waals surface area contributed by atoms with Crippen LogP contribution in [0.3, 0.4) is 0 Å². The van der Waals surface area contributed by atoms with Gasteiger partial charge in [0.1, 0.15) is 5.82 Å². The fourth-order valence-corrected chi connectivity index (χ4v) is 4.10. The van der Waals surface area contributed by atoms with Crippen molar-refractivity contribution in [3.8, 4) is 11.4 Å². The Morgan fingerprint density at radius 3 is 2.06 bits per heavy atom. The average molecular weight is 437 g/mol. The summed E-state index contributed by atoms with van der Waals surface area (Å²) < 4.78 is 7.12. The molecule has 5 rings (SSSR count). The Bertz CT molecular complexity index is 1430.